The van der Waals surface area contributed by atoms with Gasteiger partial charge in [0.2, 0.25) is 0 Å². The Hall–Kier alpha value is -0.830. The predicted molar refractivity (Wildman–Crippen MR) is 61.4 cm³/mol. The molecule has 84 valence electrons. The Morgan fingerprint density at radius 2 is 2.33 bits per heavy atom. The van der Waals surface area contributed by atoms with Crippen LogP contribution in [-0.4, -0.2) is 15.8 Å². The van der Waals surface area contributed by atoms with Crippen LogP contribution in [0.5, 0.6) is 0 Å². The number of rotatable bonds is 5. The van der Waals surface area contributed by atoms with Crippen molar-refractivity contribution in [2.75, 3.05) is 0 Å². The van der Waals surface area contributed by atoms with Crippen molar-refractivity contribution in [2.24, 2.45) is 24.6 Å². The van der Waals surface area contributed by atoms with E-state index >= 15 is 0 Å². The lowest BCUT2D eigenvalue weighted by atomic mass is 9.93. The molecule has 15 heavy (non-hydrogen) atoms. The number of hydrogen-bond acceptors (Lipinski definition) is 2. The minimum absolute atomic E-state index is 0.354. The Morgan fingerprint density at radius 3 is 2.87 bits per heavy atom. The SMILES string of the molecule is CC(C(N)CCc1ccnn1C)C1CC1. The van der Waals surface area contributed by atoms with Crippen molar-refractivity contribution in [3.8, 4) is 0 Å². The van der Waals surface area contributed by atoms with Crippen LogP contribution in [0.3, 0.4) is 0 Å². The highest BCUT2D eigenvalue weighted by atomic mass is 15.2. The number of aromatic nitrogens is 2. The molecule has 1 aromatic heterocycles. The summed E-state index contributed by atoms with van der Waals surface area (Å²) >= 11 is 0. The molecule has 1 aromatic rings. The van der Waals surface area contributed by atoms with Gasteiger partial charge >= 0.3 is 0 Å². The zero-order chi connectivity index (χ0) is 10.8. The van der Waals surface area contributed by atoms with E-state index in [2.05, 4.69) is 18.1 Å². The minimum Gasteiger partial charge on any atom is -0.327 e. The van der Waals surface area contributed by atoms with Gasteiger partial charge in [0.05, 0.1) is 0 Å². The van der Waals surface area contributed by atoms with Crippen LogP contribution in [-0.2, 0) is 13.5 Å². The zero-order valence-corrected chi connectivity index (χ0v) is 9.69. The van der Waals surface area contributed by atoms with Crippen molar-refractivity contribution < 1.29 is 0 Å². The molecule has 2 unspecified atom stereocenters. The van der Waals surface area contributed by atoms with E-state index < -0.39 is 0 Å². The van der Waals surface area contributed by atoms with Crippen LogP contribution in [0.2, 0.25) is 0 Å². The molecule has 0 radical (unpaired) electrons. The highest BCUT2D eigenvalue weighted by Crippen LogP contribution is 2.38. The van der Waals surface area contributed by atoms with Gasteiger partial charge in [0.1, 0.15) is 0 Å². The van der Waals surface area contributed by atoms with Gasteiger partial charge in [0, 0.05) is 25.0 Å². The maximum atomic E-state index is 6.20. The summed E-state index contributed by atoms with van der Waals surface area (Å²) in [6.07, 6.45) is 6.76. The molecule has 2 rings (SSSR count). The second-order valence-corrected chi connectivity index (χ2v) is 4.85. The van der Waals surface area contributed by atoms with Gasteiger partial charge in [0.25, 0.3) is 0 Å². The molecule has 0 aromatic carbocycles. The second kappa shape index (κ2) is 4.35. The first-order chi connectivity index (χ1) is 7.18. The van der Waals surface area contributed by atoms with Crippen molar-refractivity contribution in [3.05, 3.63) is 18.0 Å². The number of hydrogen-bond donors (Lipinski definition) is 1. The van der Waals surface area contributed by atoms with Gasteiger partial charge in [-0.25, -0.2) is 0 Å². The predicted octanol–water partition coefficient (Wildman–Crippen LogP) is 1.73. The van der Waals surface area contributed by atoms with Crippen molar-refractivity contribution in [1.82, 2.24) is 9.78 Å². The minimum atomic E-state index is 0.354. The zero-order valence-electron chi connectivity index (χ0n) is 9.69. The first kappa shape index (κ1) is 10.7. The summed E-state index contributed by atoms with van der Waals surface area (Å²) in [7, 11) is 1.99. The molecule has 0 spiro atoms. The van der Waals surface area contributed by atoms with E-state index in [0.29, 0.717) is 12.0 Å². The Bertz CT molecular complexity index is 314. The monoisotopic (exact) mass is 207 g/mol. The quantitative estimate of drug-likeness (QED) is 0.799. The molecule has 3 nitrogen and oxygen atoms in total. The molecule has 1 saturated carbocycles. The first-order valence-corrected chi connectivity index (χ1v) is 5.91. The standard InChI is InChI=1S/C12H21N3/c1-9(10-3-4-10)12(13)6-5-11-7-8-14-15(11)2/h7-10,12H,3-6,13H2,1-2H3. The fraction of sp³-hybridized carbons (Fsp3) is 0.750. The average molecular weight is 207 g/mol. The first-order valence-electron chi connectivity index (χ1n) is 5.91. The molecule has 0 amide bonds. The van der Waals surface area contributed by atoms with Crippen LogP contribution in [0, 0.1) is 11.8 Å². The molecule has 0 bridgehead atoms. The molecule has 1 aliphatic rings. The molecule has 1 aliphatic carbocycles. The van der Waals surface area contributed by atoms with Gasteiger partial charge in [-0.1, -0.05) is 6.92 Å². The molecule has 0 saturated heterocycles. The van der Waals surface area contributed by atoms with Gasteiger partial charge in [-0.3, -0.25) is 4.68 Å². The number of aryl methyl sites for hydroxylation is 2. The smallest absolute Gasteiger partial charge is 0.0492 e. The molecule has 1 heterocycles. The van der Waals surface area contributed by atoms with Crippen molar-refractivity contribution in [2.45, 2.75) is 38.6 Å². The van der Waals surface area contributed by atoms with E-state index in [0.717, 1.165) is 18.8 Å². The molecule has 0 aliphatic heterocycles. The lowest BCUT2D eigenvalue weighted by Crippen LogP contribution is -2.30. The topological polar surface area (TPSA) is 43.8 Å². The maximum Gasteiger partial charge on any atom is 0.0492 e. The van der Waals surface area contributed by atoms with E-state index in [1.165, 1.54) is 18.5 Å². The van der Waals surface area contributed by atoms with Crippen molar-refractivity contribution in [3.63, 3.8) is 0 Å². The summed E-state index contributed by atoms with van der Waals surface area (Å²) < 4.78 is 1.94. The normalized spacial score (nSPS) is 20.2. The third-order valence-corrected chi connectivity index (χ3v) is 3.70. The number of nitrogens with zero attached hydrogens (tertiary/aromatic N) is 2. The third kappa shape index (κ3) is 2.59. The third-order valence-electron chi connectivity index (χ3n) is 3.70. The van der Waals surface area contributed by atoms with Crippen LogP contribution < -0.4 is 5.73 Å². The Kier molecular flexibility index (Phi) is 3.10. The number of nitrogens with two attached hydrogens (primary N) is 1. The van der Waals surface area contributed by atoms with Crippen LogP contribution in [0.1, 0.15) is 31.9 Å². The average Bonchev–Trinajstić information content (AvgIpc) is 2.99. The summed E-state index contributed by atoms with van der Waals surface area (Å²) in [5, 5.41) is 4.16. The maximum absolute atomic E-state index is 6.20. The highest BCUT2D eigenvalue weighted by molar-refractivity contribution is 5.00. The molecule has 1 fully saturated rings. The molecule has 3 heteroatoms. The van der Waals surface area contributed by atoms with Gasteiger partial charge in [0.15, 0.2) is 0 Å². The Morgan fingerprint density at radius 1 is 1.60 bits per heavy atom. The summed E-state index contributed by atoms with van der Waals surface area (Å²) in [6.45, 7) is 2.30. The molecule has 2 N–H and O–H groups in total. The largest absolute Gasteiger partial charge is 0.327 e. The Balaban J connectivity index is 1.79. The van der Waals surface area contributed by atoms with Crippen molar-refractivity contribution in [1.29, 1.82) is 0 Å². The van der Waals surface area contributed by atoms with Gasteiger partial charge in [-0.15, -0.1) is 0 Å². The summed E-state index contributed by atoms with van der Waals surface area (Å²) in [4.78, 5) is 0. The Labute approximate surface area is 91.7 Å². The van der Waals surface area contributed by atoms with E-state index in [1.807, 2.05) is 17.9 Å². The second-order valence-electron chi connectivity index (χ2n) is 4.85. The van der Waals surface area contributed by atoms with Gasteiger partial charge < -0.3 is 5.73 Å². The lowest BCUT2D eigenvalue weighted by Gasteiger charge is -2.19. The molecular formula is C12H21N3. The van der Waals surface area contributed by atoms with E-state index in [1.54, 1.807) is 0 Å². The van der Waals surface area contributed by atoms with Crippen LogP contribution >= 0.6 is 0 Å². The molecule has 2 atom stereocenters. The van der Waals surface area contributed by atoms with Crippen LogP contribution in [0.4, 0.5) is 0 Å². The fourth-order valence-electron chi connectivity index (χ4n) is 2.20. The van der Waals surface area contributed by atoms with Crippen LogP contribution in [0.15, 0.2) is 12.3 Å². The van der Waals surface area contributed by atoms with Gasteiger partial charge in [-0.05, 0) is 43.6 Å². The lowest BCUT2D eigenvalue weighted by molar-refractivity contribution is 0.385. The summed E-state index contributed by atoms with van der Waals surface area (Å²) in [6, 6.07) is 2.43. The summed E-state index contributed by atoms with van der Waals surface area (Å²) in [5.41, 5.74) is 7.48. The fourth-order valence-corrected chi connectivity index (χ4v) is 2.20. The van der Waals surface area contributed by atoms with Gasteiger partial charge in [-0.2, -0.15) is 5.10 Å². The van der Waals surface area contributed by atoms with Crippen LogP contribution in [0.25, 0.3) is 0 Å². The van der Waals surface area contributed by atoms with E-state index in [4.69, 9.17) is 5.73 Å². The summed E-state index contributed by atoms with van der Waals surface area (Å²) in [5.74, 6) is 1.60. The van der Waals surface area contributed by atoms with E-state index in [9.17, 15) is 0 Å². The highest BCUT2D eigenvalue weighted by Gasteiger charge is 2.31. The molecular weight excluding hydrogens is 186 g/mol. The van der Waals surface area contributed by atoms with E-state index in [-0.39, 0.29) is 0 Å². The van der Waals surface area contributed by atoms with Crippen molar-refractivity contribution >= 4 is 0 Å².